The van der Waals surface area contributed by atoms with Crippen molar-refractivity contribution in [3.8, 4) is 22.6 Å². The number of pyridine rings is 1. The van der Waals surface area contributed by atoms with E-state index in [1.807, 2.05) is 12.1 Å². The Morgan fingerprint density at radius 3 is 2.28 bits per heavy atom. The van der Waals surface area contributed by atoms with Crippen LogP contribution in [-0.2, 0) is 6.42 Å². The number of aromatic nitrogens is 1. The molecule has 2 aromatic heterocycles. The second-order valence-electron chi connectivity index (χ2n) is 7.06. The molecule has 0 aliphatic heterocycles. The lowest BCUT2D eigenvalue weighted by Gasteiger charge is -2.11. The first kappa shape index (κ1) is 21.0. The van der Waals surface area contributed by atoms with Crippen molar-refractivity contribution >= 4 is 16.8 Å². The molecule has 0 aliphatic rings. The zero-order valence-electron chi connectivity index (χ0n) is 17.3. The van der Waals surface area contributed by atoms with Gasteiger partial charge in [-0.2, -0.15) is 0 Å². The standard InChI is InChI=1S/C24H19FN2O5/c1-30-17-10-13(11-18(12-17)31-2)9-16-7-8-19-20(14-3-5-15(25)6-4-14)22(23(26)28)32-24(29)21(19)27-16/h3-8,10-12H,9H2,1-2H3,(H2,26,28). The number of carbonyl (C=O) groups is 1. The summed E-state index contributed by atoms with van der Waals surface area (Å²) in [4.78, 5) is 29.0. The highest BCUT2D eigenvalue weighted by molar-refractivity contribution is 6.05. The van der Waals surface area contributed by atoms with E-state index in [1.165, 1.54) is 24.3 Å². The summed E-state index contributed by atoms with van der Waals surface area (Å²) in [5.41, 5.74) is 6.91. The van der Waals surface area contributed by atoms with E-state index >= 15 is 0 Å². The third-order valence-electron chi connectivity index (χ3n) is 4.99. The number of hydrogen-bond donors (Lipinski definition) is 1. The average molecular weight is 434 g/mol. The Labute approximate surface area is 182 Å². The minimum atomic E-state index is -0.907. The predicted octanol–water partition coefficient (Wildman–Crippen LogP) is 3.70. The van der Waals surface area contributed by atoms with Crippen molar-refractivity contribution in [1.82, 2.24) is 4.98 Å². The zero-order chi connectivity index (χ0) is 22.8. The molecule has 0 unspecified atom stereocenters. The third-order valence-corrected chi connectivity index (χ3v) is 4.99. The number of carbonyl (C=O) groups excluding carboxylic acids is 1. The van der Waals surface area contributed by atoms with Crippen LogP contribution in [0.25, 0.3) is 22.0 Å². The van der Waals surface area contributed by atoms with Gasteiger partial charge in [-0.3, -0.25) is 4.79 Å². The van der Waals surface area contributed by atoms with Crippen LogP contribution in [0.15, 0.2) is 63.8 Å². The molecule has 0 fully saturated rings. The van der Waals surface area contributed by atoms with Gasteiger partial charge in [0.2, 0.25) is 5.76 Å². The second-order valence-corrected chi connectivity index (χ2v) is 7.06. The SMILES string of the molecule is COc1cc(Cc2ccc3c(-c4ccc(F)cc4)c(C(N)=O)oc(=O)c3n2)cc(OC)c1. The summed E-state index contributed by atoms with van der Waals surface area (Å²) < 4.78 is 29.2. The number of benzene rings is 2. The molecular weight excluding hydrogens is 415 g/mol. The first-order chi connectivity index (χ1) is 15.4. The molecule has 0 spiro atoms. The smallest absolute Gasteiger partial charge is 0.363 e. The largest absolute Gasteiger partial charge is 0.497 e. The normalized spacial score (nSPS) is 10.8. The molecule has 0 saturated heterocycles. The molecule has 2 aromatic carbocycles. The molecule has 1 amide bonds. The van der Waals surface area contributed by atoms with E-state index in [9.17, 15) is 14.0 Å². The van der Waals surface area contributed by atoms with Crippen molar-refractivity contribution in [3.05, 3.63) is 87.9 Å². The molecule has 8 heteroatoms. The van der Waals surface area contributed by atoms with E-state index in [-0.39, 0.29) is 16.8 Å². The Kier molecular flexibility index (Phi) is 5.59. The highest BCUT2D eigenvalue weighted by Gasteiger charge is 2.21. The number of halogens is 1. The van der Waals surface area contributed by atoms with Crippen LogP contribution in [0.3, 0.4) is 0 Å². The fraction of sp³-hybridized carbons (Fsp3) is 0.125. The summed E-state index contributed by atoms with van der Waals surface area (Å²) in [7, 11) is 3.12. The summed E-state index contributed by atoms with van der Waals surface area (Å²) in [5, 5.41) is 0.383. The number of hydrogen-bond acceptors (Lipinski definition) is 6. The number of methoxy groups -OCH3 is 2. The summed E-state index contributed by atoms with van der Waals surface area (Å²) >= 11 is 0. The highest BCUT2D eigenvalue weighted by atomic mass is 19.1. The van der Waals surface area contributed by atoms with Crippen molar-refractivity contribution in [2.45, 2.75) is 6.42 Å². The molecule has 0 bridgehead atoms. The molecule has 162 valence electrons. The molecule has 4 aromatic rings. The van der Waals surface area contributed by atoms with Gasteiger partial charge in [-0.15, -0.1) is 0 Å². The Morgan fingerprint density at radius 2 is 1.69 bits per heavy atom. The fourth-order valence-corrected chi connectivity index (χ4v) is 3.52. The Balaban J connectivity index is 1.86. The van der Waals surface area contributed by atoms with Crippen LogP contribution < -0.4 is 20.8 Å². The molecular formula is C24H19FN2O5. The number of fused-ring (bicyclic) bond motifs is 1. The molecule has 32 heavy (non-hydrogen) atoms. The predicted molar refractivity (Wildman–Crippen MR) is 117 cm³/mol. The van der Waals surface area contributed by atoms with E-state index in [0.717, 1.165) is 5.56 Å². The van der Waals surface area contributed by atoms with E-state index in [0.29, 0.717) is 34.6 Å². The summed E-state index contributed by atoms with van der Waals surface area (Å²) in [6.45, 7) is 0. The second kappa shape index (κ2) is 8.50. The van der Waals surface area contributed by atoms with Gasteiger partial charge in [0, 0.05) is 29.1 Å². The first-order valence-electron chi connectivity index (χ1n) is 9.64. The Morgan fingerprint density at radius 1 is 1.03 bits per heavy atom. The molecule has 0 aliphatic carbocycles. The summed E-state index contributed by atoms with van der Waals surface area (Å²) in [6, 6.07) is 14.3. The maximum absolute atomic E-state index is 13.4. The molecule has 0 radical (unpaired) electrons. The molecule has 2 heterocycles. The highest BCUT2D eigenvalue weighted by Crippen LogP contribution is 2.31. The van der Waals surface area contributed by atoms with Crippen LogP contribution in [0, 0.1) is 5.82 Å². The van der Waals surface area contributed by atoms with E-state index in [4.69, 9.17) is 19.6 Å². The number of nitrogens with zero attached hydrogens (tertiary/aromatic N) is 1. The van der Waals surface area contributed by atoms with Gasteiger partial charge >= 0.3 is 5.63 Å². The van der Waals surface area contributed by atoms with Crippen molar-refractivity contribution in [3.63, 3.8) is 0 Å². The maximum atomic E-state index is 13.4. The van der Waals surface area contributed by atoms with Gasteiger partial charge in [0.1, 0.15) is 17.3 Å². The summed E-state index contributed by atoms with van der Waals surface area (Å²) in [5.74, 6) is -0.393. The number of amides is 1. The van der Waals surface area contributed by atoms with Crippen LogP contribution >= 0.6 is 0 Å². The third kappa shape index (κ3) is 4.02. The van der Waals surface area contributed by atoms with Crippen molar-refractivity contribution < 1.29 is 23.1 Å². The minimum Gasteiger partial charge on any atom is -0.497 e. The lowest BCUT2D eigenvalue weighted by Crippen LogP contribution is -2.17. The van der Waals surface area contributed by atoms with Crippen molar-refractivity contribution in [1.29, 1.82) is 0 Å². The van der Waals surface area contributed by atoms with Crippen LogP contribution in [0.1, 0.15) is 21.8 Å². The number of rotatable bonds is 6. The minimum absolute atomic E-state index is 0.0432. The van der Waals surface area contributed by atoms with E-state index in [2.05, 4.69) is 4.98 Å². The number of primary amides is 1. The van der Waals surface area contributed by atoms with Gasteiger partial charge in [-0.25, -0.2) is 14.2 Å². The lowest BCUT2D eigenvalue weighted by molar-refractivity contribution is 0.0971. The maximum Gasteiger partial charge on any atom is 0.363 e. The van der Waals surface area contributed by atoms with Gasteiger partial charge in [-0.1, -0.05) is 12.1 Å². The van der Waals surface area contributed by atoms with Gasteiger partial charge in [0.05, 0.1) is 14.2 Å². The van der Waals surface area contributed by atoms with Gasteiger partial charge in [0.25, 0.3) is 5.91 Å². The van der Waals surface area contributed by atoms with Crippen molar-refractivity contribution in [2.75, 3.05) is 14.2 Å². The fourth-order valence-electron chi connectivity index (χ4n) is 3.52. The Hall–Kier alpha value is -4.20. The molecule has 7 nitrogen and oxygen atoms in total. The van der Waals surface area contributed by atoms with Crippen LogP contribution in [-0.4, -0.2) is 25.1 Å². The monoisotopic (exact) mass is 434 g/mol. The van der Waals surface area contributed by atoms with Crippen LogP contribution in [0.5, 0.6) is 11.5 Å². The quantitative estimate of drug-likeness (QED) is 0.496. The van der Waals surface area contributed by atoms with Crippen LogP contribution in [0.2, 0.25) is 0 Å². The van der Waals surface area contributed by atoms with E-state index < -0.39 is 17.3 Å². The molecule has 0 saturated carbocycles. The van der Waals surface area contributed by atoms with Gasteiger partial charge in [-0.05, 0) is 47.5 Å². The zero-order valence-corrected chi connectivity index (χ0v) is 17.3. The lowest BCUT2D eigenvalue weighted by atomic mass is 9.99. The molecule has 4 rings (SSSR count). The topological polar surface area (TPSA) is 105 Å². The number of ether oxygens (including phenoxy) is 2. The van der Waals surface area contributed by atoms with Gasteiger partial charge in [0.15, 0.2) is 5.52 Å². The van der Waals surface area contributed by atoms with Crippen LogP contribution in [0.4, 0.5) is 4.39 Å². The summed E-state index contributed by atoms with van der Waals surface area (Å²) in [6.07, 6.45) is 0.395. The van der Waals surface area contributed by atoms with Gasteiger partial charge < -0.3 is 19.6 Å². The van der Waals surface area contributed by atoms with Crippen molar-refractivity contribution in [2.24, 2.45) is 5.73 Å². The Bertz CT molecular complexity index is 1360. The molecule has 0 atom stereocenters. The molecule has 2 N–H and O–H groups in total. The first-order valence-corrected chi connectivity index (χ1v) is 9.64. The van der Waals surface area contributed by atoms with E-state index in [1.54, 1.807) is 32.4 Å². The number of nitrogens with two attached hydrogens (primary N) is 1. The average Bonchev–Trinajstić information content (AvgIpc) is 2.79.